The van der Waals surface area contributed by atoms with Crippen LogP contribution in [0.3, 0.4) is 0 Å². The molecule has 0 saturated heterocycles. The first-order valence-electron chi connectivity index (χ1n) is 4.46. The highest BCUT2D eigenvalue weighted by atomic mass is 35.5. The van der Waals surface area contributed by atoms with Crippen LogP contribution in [0.5, 0.6) is 0 Å². The van der Waals surface area contributed by atoms with Crippen molar-refractivity contribution in [1.82, 2.24) is 15.2 Å². The third kappa shape index (κ3) is 2.52. The molecular weight excluding hydrogens is 228 g/mol. The van der Waals surface area contributed by atoms with Gasteiger partial charge in [-0.05, 0) is 24.3 Å². The van der Waals surface area contributed by atoms with E-state index in [0.717, 1.165) is 0 Å². The number of pyridine rings is 1. The fourth-order valence-corrected chi connectivity index (χ4v) is 1.18. The number of rotatable bonds is 2. The molecule has 6 heteroatoms. The predicted octanol–water partition coefficient (Wildman–Crippen LogP) is 1.78. The van der Waals surface area contributed by atoms with Gasteiger partial charge in [-0.15, -0.1) is 5.10 Å². The highest BCUT2D eigenvalue weighted by Gasteiger charge is 2.06. The summed E-state index contributed by atoms with van der Waals surface area (Å²) in [4.78, 5) is 15.5. The van der Waals surface area contributed by atoms with Crippen molar-refractivity contribution < 1.29 is 4.79 Å². The Labute approximate surface area is 96.5 Å². The van der Waals surface area contributed by atoms with Crippen LogP contribution in [0.1, 0.15) is 10.4 Å². The van der Waals surface area contributed by atoms with Crippen LogP contribution in [0.15, 0.2) is 36.7 Å². The van der Waals surface area contributed by atoms with Crippen LogP contribution in [0.2, 0.25) is 5.15 Å². The number of carbonyl (C=O) groups is 1. The van der Waals surface area contributed by atoms with E-state index >= 15 is 0 Å². The lowest BCUT2D eigenvalue weighted by Crippen LogP contribution is -2.13. The molecule has 2 heterocycles. The van der Waals surface area contributed by atoms with Gasteiger partial charge in [-0.25, -0.2) is 4.98 Å². The van der Waals surface area contributed by atoms with Crippen molar-refractivity contribution in [2.75, 3.05) is 5.32 Å². The van der Waals surface area contributed by atoms with Gasteiger partial charge < -0.3 is 5.32 Å². The summed E-state index contributed by atoms with van der Waals surface area (Å²) in [5.41, 5.74) is 0.412. The average Bonchev–Trinajstić information content (AvgIpc) is 2.31. The van der Waals surface area contributed by atoms with Gasteiger partial charge in [-0.2, -0.15) is 5.10 Å². The maximum Gasteiger partial charge on any atom is 0.258 e. The molecule has 0 radical (unpaired) electrons. The Bertz CT molecular complexity index is 486. The summed E-state index contributed by atoms with van der Waals surface area (Å²) < 4.78 is 0. The van der Waals surface area contributed by atoms with Crippen molar-refractivity contribution in [2.45, 2.75) is 0 Å². The normalized spacial score (nSPS) is 9.81. The molecule has 0 aromatic carbocycles. The SMILES string of the molecule is O=C(Nc1cccnn1)c1ccc(Cl)nc1. The molecule has 16 heavy (non-hydrogen) atoms. The van der Waals surface area contributed by atoms with Gasteiger partial charge in [0.25, 0.3) is 5.91 Å². The third-order valence-electron chi connectivity index (χ3n) is 1.80. The van der Waals surface area contributed by atoms with Crippen molar-refractivity contribution in [1.29, 1.82) is 0 Å². The number of carbonyl (C=O) groups excluding carboxylic acids is 1. The minimum absolute atomic E-state index is 0.301. The van der Waals surface area contributed by atoms with E-state index in [1.807, 2.05) is 0 Å². The number of nitrogens with one attached hydrogen (secondary N) is 1. The number of hydrogen-bond donors (Lipinski definition) is 1. The molecule has 0 aliphatic rings. The number of hydrogen-bond acceptors (Lipinski definition) is 4. The van der Waals surface area contributed by atoms with Crippen molar-refractivity contribution in [3.05, 3.63) is 47.4 Å². The van der Waals surface area contributed by atoms with E-state index in [0.29, 0.717) is 16.5 Å². The number of nitrogens with zero attached hydrogens (tertiary/aromatic N) is 3. The summed E-state index contributed by atoms with van der Waals surface area (Å²) in [5.74, 6) is 0.0899. The predicted molar refractivity (Wildman–Crippen MR) is 59.2 cm³/mol. The van der Waals surface area contributed by atoms with Gasteiger partial charge in [0.1, 0.15) is 5.15 Å². The molecule has 2 rings (SSSR count). The topological polar surface area (TPSA) is 67.8 Å². The van der Waals surface area contributed by atoms with Gasteiger partial charge in [-0.1, -0.05) is 11.6 Å². The zero-order chi connectivity index (χ0) is 11.4. The molecule has 0 spiro atoms. The summed E-state index contributed by atoms with van der Waals surface area (Å²) in [6.45, 7) is 0. The van der Waals surface area contributed by atoms with Gasteiger partial charge in [0, 0.05) is 12.4 Å². The van der Waals surface area contributed by atoms with Crippen molar-refractivity contribution >= 4 is 23.3 Å². The van der Waals surface area contributed by atoms with E-state index in [1.165, 1.54) is 12.4 Å². The maximum atomic E-state index is 11.7. The molecule has 0 saturated carbocycles. The average molecular weight is 235 g/mol. The summed E-state index contributed by atoms with van der Waals surface area (Å²) in [6, 6.07) is 6.46. The summed E-state index contributed by atoms with van der Waals surface area (Å²) in [5, 5.41) is 10.3. The van der Waals surface area contributed by atoms with Crippen LogP contribution < -0.4 is 5.32 Å². The van der Waals surface area contributed by atoms with Crippen molar-refractivity contribution in [3.8, 4) is 0 Å². The molecule has 0 aliphatic carbocycles. The maximum absolute atomic E-state index is 11.7. The summed E-state index contributed by atoms with van der Waals surface area (Å²) >= 11 is 5.61. The molecule has 2 aromatic rings. The van der Waals surface area contributed by atoms with Crippen LogP contribution in [-0.2, 0) is 0 Å². The van der Waals surface area contributed by atoms with E-state index in [4.69, 9.17) is 11.6 Å². The van der Waals surface area contributed by atoms with Crippen LogP contribution >= 0.6 is 11.6 Å². The smallest absolute Gasteiger partial charge is 0.258 e. The standard InChI is InChI=1S/C10H7ClN4O/c11-8-4-3-7(6-12-8)10(16)14-9-2-1-5-13-15-9/h1-6H,(H,14,15,16). The monoisotopic (exact) mass is 234 g/mol. The molecular formula is C10H7ClN4O. The van der Waals surface area contributed by atoms with Gasteiger partial charge in [-0.3, -0.25) is 4.79 Å². The Morgan fingerprint density at radius 3 is 2.81 bits per heavy atom. The van der Waals surface area contributed by atoms with Gasteiger partial charge in [0.2, 0.25) is 0 Å². The Morgan fingerprint density at radius 2 is 2.19 bits per heavy atom. The molecule has 0 atom stereocenters. The Kier molecular flexibility index (Phi) is 3.07. The van der Waals surface area contributed by atoms with E-state index in [-0.39, 0.29) is 5.91 Å². The van der Waals surface area contributed by atoms with E-state index < -0.39 is 0 Å². The van der Waals surface area contributed by atoms with Crippen LogP contribution in [-0.4, -0.2) is 21.1 Å². The lowest BCUT2D eigenvalue weighted by molar-refractivity contribution is 0.102. The Balaban J connectivity index is 2.12. The molecule has 0 unspecified atom stereocenters. The Morgan fingerprint density at radius 1 is 1.31 bits per heavy atom. The first-order valence-corrected chi connectivity index (χ1v) is 4.84. The molecule has 0 fully saturated rings. The van der Waals surface area contributed by atoms with Gasteiger partial charge >= 0.3 is 0 Å². The molecule has 1 N–H and O–H groups in total. The fourth-order valence-electron chi connectivity index (χ4n) is 1.07. The van der Waals surface area contributed by atoms with Crippen LogP contribution in [0.4, 0.5) is 5.82 Å². The molecule has 5 nitrogen and oxygen atoms in total. The number of amides is 1. The zero-order valence-corrected chi connectivity index (χ0v) is 8.85. The minimum Gasteiger partial charge on any atom is -0.305 e. The van der Waals surface area contributed by atoms with Crippen LogP contribution in [0.25, 0.3) is 0 Å². The highest BCUT2D eigenvalue weighted by Crippen LogP contribution is 2.07. The summed E-state index contributed by atoms with van der Waals surface area (Å²) in [6.07, 6.45) is 2.92. The van der Waals surface area contributed by atoms with Crippen molar-refractivity contribution in [2.24, 2.45) is 0 Å². The first-order chi connectivity index (χ1) is 7.75. The molecule has 2 aromatic heterocycles. The van der Waals surface area contributed by atoms with E-state index in [2.05, 4.69) is 20.5 Å². The molecule has 80 valence electrons. The fraction of sp³-hybridized carbons (Fsp3) is 0. The second-order valence-corrected chi connectivity index (χ2v) is 3.32. The zero-order valence-electron chi connectivity index (χ0n) is 8.09. The lowest BCUT2D eigenvalue weighted by atomic mass is 10.3. The number of aromatic nitrogens is 3. The summed E-state index contributed by atoms with van der Waals surface area (Å²) in [7, 11) is 0. The van der Waals surface area contributed by atoms with E-state index in [9.17, 15) is 4.79 Å². The van der Waals surface area contributed by atoms with Crippen LogP contribution in [0, 0.1) is 0 Å². The first kappa shape index (κ1) is 10.5. The lowest BCUT2D eigenvalue weighted by Gasteiger charge is -2.02. The second kappa shape index (κ2) is 4.67. The third-order valence-corrected chi connectivity index (χ3v) is 2.03. The molecule has 1 amide bonds. The van der Waals surface area contributed by atoms with Crippen molar-refractivity contribution in [3.63, 3.8) is 0 Å². The number of anilines is 1. The minimum atomic E-state index is -0.301. The highest BCUT2D eigenvalue weighted by molar-refractivity contribution is 6.29. The second-order valence-electron chi connectivity index (χ2n) is 2.93. The van der Waals surface area contributed by atoms with Gasteiger partial charge in [0.05, 0.1) is 5.56 Å². The van der Waals surface area contributed by atoms with Gasteiger partial charge in [0.15, 0.2) is 5.82 Å². The molecule has 0 aliphatic heterocycles. The largest absolute Gasteiger partial charge is 0.305 e. The molecule has 0 bridgehead atoms. The van der Waals surface area contributed by atoms with E-state index in [1.54, 1.807) is 24.3 Å². The number of halogens is 1. The quantitative estimate of drug-likeness (QED) is 0.805. The Hall–Kier alpha value is -2.01.